The Morgan fingerprint density at radius 3 is 2.59 bits per heavy atom. The number of hydrogen-bond donors (Lipinski definition) is 1. The standard InChI is InChI=1S/C13H15FO3/c1-8(14)9-4-3-5-10(11(9)17-2)13(6-7-13)12(15)16/h3-5,8H,6-7H2,1-2H3,(H,15,16). The monoisotopic (exact) mass is 238 g/mol. The van der Waals surface area contributed by atoms with Gasteiger partial charge in [0, 0.05) is 11.1 Å². The number of hydrogen-bond acceptors (Lipinski definition) is 2. The van der Waals surface area contributed by atoms with Gasteiger partial charge in [-0.2, -0.15) is 0 Å². The molecule has 1 unspecified atom stereocenters. The van der Waals surface area contributed by atoms with Crippen molar-refractivity contribution in [2.24, 2.45) is 0 Å². The lowest BCUT2D eigenvalue weighted by atomic mass is 9.92. The third kappa shape index (κ3) is 1.77. The lowest BCUT2D eigenvalue weighted by molar-refractivity contribution is -0.140. The van der Waals surface area contributed by atoms with Gasteiger partial charge in [0.25, 0.3) is 0 Å². The molecule has 92 valence electrons. The molecule has 0 aromatic heterocycles. The summed E-state index contributed by atoms with van der Waals surface area (Å²) in [6, 6.07) is 5.03. The molecule has 0 saturated heterocycles. The van der Waals surface area contributed by atoms with E-state index in [0.717, 1.165) is 0 Å². The predicted octanol–water partition coefficient (Wildman–Crippen LogP) is 2.84. The number of halogens is 1. The first-order valence-electron chi connectivity index (χ1n) is 5.58. The van der Waals surface area contributed by atoms with Crippen LogP contribution in [0.15, 0.2) is 18.2 Å². The Labute approximate surface area is 99.2 Å². The quantitative estimate of drug-likeness (QED) is 0.877. The van der Waals surface area contributed by atoms with E-state index in [1.165, 1.54) is 14.0 Å². The molecule has 0 heterocycles. The van der Waals surface area contributed by atoms with Crippen molar-refractivity contribution >= 4 is 5.97 Å². The minimum absolute atomic E-state index is 0.377. The highest BCUT2D eigenvalue weighted by molar-refractivity contribution is 5.86. The number of carbonyl (C=O) groups is 1. The molecule has 1 saturated carbocycles. The van der Waals surface area contributed by atoms with Gasteiger partial charge < -0.3 is 9.84 Å². The van der Waals surface area contributed by atoms with Crippen LogP contribution in [0.4, 0.5) is 4.39 Å². The number of para-hydroxylation sites is 1. The fourth-order valence-corrected chi connectivity index (χ4v) is 2.20. The van der Waals surface area contributed by atoms with E-state index in [2.05, 4.69) is 0 Å². The molecule has 17 heavy (non-hydrogen) atoms. The molecule has 0 aliphatic heterocycles. The third-order valence-corrected chi connectivity index (χ3v) is 3.35. The van der Waals surface area contributed by atoms with Crippen LogP contribution in [0, 0.1) is 0 Å². The van der Waals surface area contributed by atoms with Crippen LogP contribution in [0.5, 0.6) is 5.75 Å². The first-order valence-corrected chi connectivity index (χ1v) is 5.58. The van der Waals surface area contributed by atoms with Gasteiger partial charge >= 0.3 is 5.97 Å². The first-order chi connectivity index (χ1) is 8.03. The summed E-state index contributed by atoms with van der Waals surface area (Å²) in [6.45, 7) is 1.42. The molecule has 3 nitrogen and oxygen atoms in total. The zero-order valence-corrected chi connectivity index (χ0v) is 9.87. The molecule has 0 amide bonds. The van der Waals surface area contributed by atoms with Gasteiger partial charge in [0.05, 0.1) is 12.5 Å². The Morgan fingerprint density at radius 1 is 1.53 bits per heavy atom. The van der Waals surface area contributed by atoms with Gasteiger partial charge in [-0.25, -0.2) is 4.39 Å². The molecule has 1 aromatic rings. The maximum atomic E-state index is 13.4. The minimum atomic E-state index is -1.17. The molecule has 2 rings (SSSR count). The Kier molecular flexibility index (Phi) is 2.81. The molecule has 0 spiro atoms. The van der Waals surface area contributed by atoms with Crippen molar-refractivity contribution in [1.82, 2.24) is 0 Å². The number of alkyl halides is 1. The molecule has 1 fully saturated rings. The van der Waals surface area contributed by atoms with E-state index in [4.69, 9.17) is 4.74 Å². The van der Waals surface area contributed by atoms with Crippen LogP contribution < -0.4 is 4.74 Å². The topological polar surface area (TPSA) is 46.5 Å². The van der Waals surface area contributed by atoms with Gasteiger partial charge in [0.15, 0.2) is 0 Å². The average molecular weight is 238 g/mol. The van der Waals surface area contributed by atoms with Crippen molar-refractivity contribution in [3.63, 3.8) is 0 Å². The van der Waals surface area contributed by atoms with E-state index >= 15 is 0 Å². The molecule has 0 radical (unpaired) electrons. The summed E-state index contributed by atoms with van der Waals surface area (Å²) in [5.74, 6) is -0.484. The summed E-state index contributed by atoms with van der Waals surface area (Å²) in [5, 5.41) is 9.26. The predicted molar refractivity (Wildman–Crippen MR) is 61.1 cm³/mol. The van der Waals surface area contributed by atoms with Crippen molar-refractivity contribution in [3.05, 3.63) is 29.3 Å². The Balaban J connectivity index is 2.55. The van der Waals surface area contributed by atoms with Crippen LogP contribution in [0.2, 0.25) is 0 Å². The molecule has 1 N–H and O–H groups in total. The molecule has 1 atom stereocenters. The van der Waals surface area contributed by atoms with Crippen molar-refractivity contribution in [3.8, 4) is 5.75 Å². The van der Waals surface area contributed by atoms with E-state index in [1.54, 1.807) is 18.2 Å². The van der Waals surface area contributed by atoms with Gasteiger partial charge in [-0.15, -0.1) is 0 Å². The summed E-state index contributed by atoms with van der Waals surface area (Å²) in [7, 11) is 1.45. The van der Waals surface area contributed by atoms with Crippen molar-refractivity contribution in [2.75, 3.05) is 7.11 Å². The SMILES string of the molecule is COc1c(C(C)F)cccc1C1(C(=O)O)CC1. The van der Waals surface area contributed by atoms with Gasteiger partial charge in [-0.05, 0) is 19.8 Å². The van der Waals surface area contributed by atoms with Crippen molar-refractivity contribution in [2.45, 2.75) is 31.4 Å². The van der Waals surface area contributed by atoms with E-state index in [-0.39, 0.29) is 0 Å². The largest absolute Gasteiger partial charge is 0.496 e. The lowest BCUT2D eigenvalue weighted by Gasteiger charge is -2.18. The molecule has 4 heteroatoms. The maximum Gasteiger partial charge on any atom is 0.314 e. The van der Waals surface area contributed by atoms with Gasteiger partial charge in [0.1, 0.15) is 11.9 Å². The highest BCUT2D eigenvalue weighted by Crippen LogP contribution is 2.52. The van der Waals surface area contributed by atoms with Crippen LogP contribution in [0.3, 0.4) is 0 Å². The second-order valence-electron chi connectivity index (χ2n) is 4.43. The Hall–Kier alpha value is -1.58. The lowest BCUT2D eigenvalue weighted by Crippen LogP contribution is -2.20. The van der Waals surface area contributed by atoms with E-state index in [0.29, 0.717) is 29.7 Å². The minimum Gasteiger partial charge on any atom is -0.496 e. The van der Waals surface area contributed by atoms with E-state index < -0.39 is 17.6 Å². The normalized spacial score (nSPS) is 18.5. The molecule has 0 bridgehead atoms. The summed E-state index contributed by atoms with van der Waals surface area (Å²) < 4.78 is 18.7. The van der Waals surface area contributed by atoms with Gasteiger partial charge in [-0.1, -0.05) is 18.2 Å². The summed E-state index contributed by atoms with van der Waals surface area (Å²) in [6.07, 6.45) is 0.000485. The summed E-state index contributed by atoms with van der Waals surface area (Å²) in [4.78, 5) is 11.3. The summed E-state index contributed by atoms with van der Waals surface area (Å²) >= 11 is 0. The second kappa shape index (κ2) is 4.02. The van der Waals surface area contributed by atoms with Crippen molar-refractivity contribution in [1.29, 1.82) is 0 Å². The Bertz CT molecular complexity index is 450. The number of ether oxygens (including phenoxy) is 1. The fourth-order valence-electron chi connectivity index (χ4n) is 2.20. The zero-order chi connectivity index (χ0) is 12.6. The van der Waals surface area contributed by atoms with Gasteiger partial charge in [0.2, 0.25) is 0 Å². The number of benzene rings is 1. The van der Waals surface area contributed by atoms with Crippen LogP contribution in [0.1, 0.15) is 37.1 Å². The van der Waals surface area contributed by atoms with Crippen LogP contribution in [-0.2, 0) is 10.2 Å². The highest BCUT2D eigenvalue weighted by Gasteiger charge is 2.53. The molecule has 1 aromatic carbocycles. The smallest absolute Gasteiger partial charge is 0.314 e. The summed E-state index contributed by atoms with van der Waals surface area (Å²) in [5.41, 5.74) is 0.142. The van der Waals surface area contributed by atoms with E-state index in [9.17, 15) is 14.3 Å². The third-order valence-electron chi connectivity index (χ3n) is 3.35. The van der Waals surface area contributed by atoms with E-state index in [1.807, 2.05) is 0 Å². The fraction of sp³-hybridized carbons (Fsp3) is 0.462. The Morgan fingerprint density at radius 2 is 2.18 bits per heavy atom. The highest BCUT2D eigenvalue weighted by atomic mass is 19.1. The van der Waals surface area contributed by atoms with Crippen LogP contribution in [-0.4, -0.2) is 18.2 Å². The average Bonchev–Trinajstić information content (AvgIpc) is 3.08. The number of carboxylic acids is 1. The zero-order valence-electron chi connectivity index (χ0n) is 9.87. The first kappa shape index (κ1) is 11.9. The number of carboxylic acid groups (broad SMARTS) is 1. The number of aliphatic carboxylic acids is 1. The number of rotatable bonds is 4. The van der Waals surface area contributed by atoms with Crippen LogP contribution >= 0.6 is 0 Å². The molecule has 1 aliphatic carbocycles. The second-order valence-corrected chi connectivity index (χ2v) is 4.43. The van der Waals surface area contributed by atoms with Crippen molar-refractivity contribution < 1.29 is 19.0 Å². The van der Waals surface area contributed by atoms with Gasteiger partial charge in [-0.3, -0.25) is 4.79 Å². The van der Waals surface area contributed by atoms with Crippen LogP contribution in [0.25, 0.3) is 0 Å². The number of methoxy groups -OCH3 is 1. The maximum absolute atomic E-state index is 13.4. The molecular weight excluding hydrogens is 223 g/mol. The molecular formula is C13H15FO3. The molecule has 1 aliphatic rings.